The van der Waals surface area contributed by atoms with Crippen LogP contribution in [0.2, 0.25) is 0 Å². The van der Waals surface area contributed by atoms with E-state index in [1.807, 2.05) is 0 Å². The van der Waals surface area contributed by atoms with Crippen LogP contribution in [0.3, 0.4) is 0 Å². The van der Waals surface area contributed by atoms with Gasteiger partial charge in [0.2, 0.25) is 0 Å². The van der Waals surface area contributed by atoms with E-state index in [-0.39, 0.29) is 35.3 Å². The smallest absolute Gasteiger partial charge is 0.338 e. The molecule has 0 atom stereocenters. The van der Waals surface area contributed by atoms with Crippen molar-refractivity contribution in [2.75, 3.05) is 11.9 Å². The number of hydrogen-bond acceptors (Lipinski definition) is 4. The van der Waals surface area contributed by atoms with Crippen LogP contribution in [0.25, 0.3) is 0 Å². The Morgan fingerprint density at radius 3 is 2.67 bits per heavy atom. The van der Waals surface area contributed by atoms with Gasteiger partial charge in [-0.3, -0.25) is 9.59 Å². The van der Waals surface area contributed by atoms with Crippen molar-refractivity contribution in [3.63, 3.8) is 0 Å². The van der Waals surface area contributed by atoms with E-state index in [2.05, 4.69) is 15.9 Å². The number of benzene rings is 1. The number of Topliss-reactive ketones (excluding diaryl/α,β-unsaturated/α-hetero) is 1. The van der Waals surface area contributed by atoms with Gasteiger partial charge in [-0.15, -0.1) is 0 Å². The SMILES string of the molecule is CCOC(=O)c1ccc(CC(=O)CBr)cc1C=O. The highest BCUT2D eigenvalue weighted by Crippen LogP contribution is 2.13. The van der Waals surface area contributed by atoms with E-state index in [0.717, 1.165) is 0 Å². The Morgan fingerprint density at radius 1 is 1.39 bits per heavy atom. The van der Waals surface area contributed by atoms with Gasteiger partial charge in [-0.2, -0.15) is 0 Å². The normalized spacial score (nSPS) is 9.89. The minimum atomic E-state index is -0.530. The summed E-state index contributed by atoms with van der Waals surface area (Å²) >= 11 is 3.07. The molecule has 1 aromatic rings. The fourth-order valence-corrected chi connectivity index (χ4v) is 1.69. The van der Waals surface area contributed by atoms with Crippen molar-refractivity contribution in [2.24, 2.45) is 0 Å². The summed E-state index contributed by atoms with van der Waals surface area (Å²) in [5, 5.41) is 0.267. The molecule has 0 aliphatic carbocycles. The molecule has 0 saturated carbocycles. The molecule has 4 nitrogen and oxygen atoms in total. The molecule has 0 N–H and O–H groups in total. The van der Waals surface area contributed by atoms with Crippen molar-refractivity contribution in [1.29, 1.82) is 0 Å². The number of carbonyl (C=O) groups is 3. The highest BCUT2D eigenvalue weighted by Gasteiger charge is 2.13. The lowest BCUT2D eigenvalue weighted by atomic mass is 10.0. The summed E-state index contributed by atoms with van der Waals surface area (Å²) in [5.74, 6) is -0.520. The number of ether oxygens (including phenoxy) is 1. The van der Waals surface area contributed by atoms with Crippen molar-refractivity contribution >= 4 is 34.0 Å². The van der Waals surface area contributed by atoms with E-state index in [9.17, 15) is 14.4 Å². The quantitative estimate of drug-likeness (QED) is 0.459. The second-order valence-corrected chi connectivity index (χ2v) is 4.17. The monoisotopic (exact) mass is 312 g/mol. The van der Waals surface area contributed by atoms with Gasteiger partial charge in [-0.05, 0) is 24.6 Å². The molecule has 0 aromatic heterocycles. The van der Waals surface area contributed by atoms with E-state index in [4.69, 9.17) is 4.74 Å². The van der Waals surface area contributed by atoms with Crippen molar-refractivity contribution in [3.05, 3.63) is 34.9 Å². The molecule has 0 fully saturated rings. The molecule has 1 aromatic carbocycles. The molecular weight excluding hydrogens is 300 g/mol. The van der Waals surface area contributed by atoms with Gasteiger partial charge in [0.1, 0.15) is 5.78 Å². The highest BCUT2D eigenvalue weighted by molar-refractivity contribution is 9.09. The first kappa shape index (κ1) is 14.6. The average molecular weight is 313 g/mol. The van der Waals surface area contributed by atoms with Gasteiger partial charge >= 0.3 is 5.97 Å². The predicted octanol–water partition coefficient (Wildman–Crippen LogP) is 2.18. The number of halogens is 1. The van der Waals surface area contributed by atoms with Gasteiger partial charge in [-0.1, -0.05) is 22.0 Å². The fourth-order valence-electron chi connectivity index (χ4n) is 1.49. The molecule has 0 heterocycles. The molecule has 0 saturated heterocycles. The summed E-state index contributed by atoms with van der Waals surface area (Å²) in [6.07, 6.45) is 0.823. The van der Waals surface area contributed by atoms with Crippen molar-refractivity contribution in [1.82, 2.24) is 0 Å². The third-order valence-corrected chi connectivity index (χ3v) is 2.91. The van der Waals surface area contributed by atoms with Crippen molar-refractivity contribution < 1.29 is 19.1 Å². The Balaban J connectivity index is 3.00. The molecule has 0 aliphatic heterocycles. The number of carbonyl (C=O) groups excluding carboxylic acids is 3. The molecule has 0 unspecified atom stereocenters. The standard InChI is InChI=1S/C13H13BrO4/c1-2-18-13(17)12-4-3-9(5-10(12)8-15)6-11(16)7-14/h3-5,8H,2,6-7H2,1H3. The predicted molar refractivity (Wildman–Crippen MR) is 70.3 cm³/mol. The summed E-state index contributed by atoms with van der Waals surface area (Å²) in [4.78, 5) is 33.8. The third-order valence-electron chi connectivity index (χ3n) is 2.29. The number of aldehydes is 1. The zero-order valence-corrected chi connectivity index (χ0v) is 11.5. The molecule has 1 rings (SSSR count). The fraction of sp³-hybridized carbons (Fsp3) is 0.308. The number of ketones is 1. The van der Waals surface area contributed by atoms with Crippen LogP contribution in [0.1, 0.15) is 33.2 Å². The number of hydrogen-bond donors (Lipinski definition) is 0. The van der Waals surface area contributed by atoms with Gasteiger partial charge in [-0.25, -0.2) is 4.79 Å². The first-order chi connectivity index (χ1) is 8.62. The second-order valence-electron chi connectivity index (χ2n) is 3.61. The Kier molecular flexibility index (Phi) is 5.71. The Bertz CT molecular complexity index is 468. The van der Waals surface area contributed by atoms with Crippen LogP contribution in [0, 0.1) is 0 Å². The summed E-state index contributed by atoms with van der Waals surface area (Å²) in [6.45, 7) is 1.95. The van der Waals surface area contributed by atoms with E-state index < -0.39 is 5.97 Å². The molecule has 0 spiro atoms. The van der Waals surface area contributed by atoms with Gasteiger partial charge in [0.15, 0.2) is 6.29 Å². The largest absolute Gasteiger partial charge is 0.462 e. The first-order valence-electron chi connectivity index (χ1n) is 5.45. The molecular formula is C13H13BrO4. The van der Waals surface area contributed by atoms with Gasteiger partial charge in [0.25, 0.3) is 0 Å². The maximum absolute atomic E-state index is 11.6. The molecule has 0 amide bonds. The molecule has 5 heteroatoms. The van der Waals surface area contributed by atoms with E-state index in [0.29, 0.717) is 11.8 Å². The van der Waals surface area contributed by atoms with E-state index >= 15 is 0 Å². The summed E-state index contributed by atoms with van der Waals surface area (Å²) in [7, 11) is 0. The maximum atomic E-state index is 11.6. The van der Waals surface area contributed by atoms with Crippen molar-refractivity contribution in [2.45, 2.75) is 13.3 Å². The summed E-state index contributed by atoms with van der Waals surface area (Å²) in [6, 6.07) is 4.71. The van der Waals surface area contributed by atoms with Gasteiger partial charge < -0.3 is 4.74 Å². The van der Waals surface area contributed by atoms with Crippen LogP contribution < -0.4 is 0 Å². The van der Waals surface area contributed by atoms with Gasteiger partial charge in [0.05, 0.1) is 17.5 Å². The van der Waals surface area contributed by atoms with E-state index in [1.165, 1.54) is 6.07 Å². The lowest BCUT2D eigenvalue weighted by Gasteiger charge is -2.06. The van der Waals surface area contributed by atoms with Crippen LogP contribution >= 0.6 is 15.9 Å². The summed E-state index contributed by atoms with van der Waals surface area (Å²) in [5.41, 5.74) is 1.17. The zero-order chi connectivity index (χ0) is 13.5. The number of esters is 1. The highest BCUT2D eigenvalue weighted by atomic mass is 79.9. The molecule has 0 aliphatic rings. The Morgan fingerprint density at radius 2 is 2.11 bits per heavy atom. The molecule has 96 valence electrons. The van der Waals surface area contributed by atoms with Crippen LogP contribution in [-0.2, 0) is 16.0 Å². The molecule has 18 heavy (non-hydrogen) atoms. The van der Waals surface area contributed by atoms with Crippen LogP contribution in [0.15, 0.2) is 18.2 Å². The first-order valence-corrected chi connectivity index (χ1v) is 6.57. The Labute approximate surface area is 113 Å². The average Bonchev–Trinajstić information content (AvgIpc) is 2.38. The van der Waals surface area contributed by atoms with Crippen LogP contribution in [-0.4, -0.2) is 30.0 Å². The molecule has 0 radical (unpaired) electrons. The molecule has 0 bridgehead atoms. The minimum Gasteiger partial charge on any atom is -0.462 e. The topological polar surface area (TPSA) is 60.4 Å². The maximum Gasteiger partial charge on any atom is 0.338 e. The lowest BCUT2D eigenvalue weighted by molar-refractivity contribution is -0.115. The number of alkyl halides is 1. The second kappa shape index (κ2) is 7.06. The number of rotatable bonds is 6. The lowest BCUT2D eigenvalue weighted by Crippen LogP contribution is -2.10. The van der Waals surface area contributed by atoms with Crippen molar-refractivity contribution in [3.8, 4) is 0 Å². The third kappa shape index (κ3) is 3.77. The van der Waals surface area contributed by atoms with Crippen LogP contribution in [0.5, 0.6) is 0 Å². The summed E-state index contributed by atoms with van der Waals surface area (Å²) < 4.78 is 4.84. The van der Waals surface area contributed by atoms with Gasteiger partial charge in [0, 0.05) is 12.0 Å². The van der Waals surface area contributed by atoms with Crippen LogP contribution in [0.4, 0.5) is 0 Å². The zero-order valence-electron chi connectivity index (χ0n) is 9.94. The minimum absolute atomic E-state index is 0.00994. The Hall–Kier alpha value is -1.49. The van der Waals surface area contributed by atoms with E-state index in [1.54, 1.807) is 19.1 Å².